The van der Waals surface area contributed by atoms with E-state index in [9.17, 15) is 4.79 Å². The summed E-state index contributed by atoms with van der Waals surface area (Å²) in [7, 11) is 1.99. The lowest BCUT2D eigenvalue weighted by molar-refractivity contribution is -0.120. The number of likely N-dealkylation sites (N-methyl/N-ethyl adjacent to an activating group) is 1. The lowest BCUT2D eigenvalue weighted by atomic mass is 9.99. The molecule has 0 radical (unpaired) electrons. The van der Waals surface area contributed by atoms with Crippen molar-refractivity contribution in [2.24, 2.45) is 4.99 Å². The first-order valence-electron chi connectivity index (χ1n) is 6.36. The monoisotopic (exact) mass is 243 g/mol. The van der Waals surface area contributed by atoms with Gasteiger partial charge in [0.1, 0.15) is 0 Å². The number of carbonyl (C=O) groups is 1. The first-order valence-corrected chi connectivity index (χ1v) is 6.36. The molecule has 1 fully saturated rings. The second kappa shape index (κ2) is 4.53. The maximum atomic E-state index is 12.1. The molecule has 1 aromatic carbocycles. The van der Waals surface area contributed by atoms with Gasteiger partial charge in [0.25, 0.3) is 0 Å². The molecule has 0 unspecified atom stereocenters. The van der Waals surface area contributed by atoms with Gasteiger partial charge in [-0.05, 0) is 30.7 Å². The lowest BCUT2D eigenvalue weighted by Crippen LogP contribution is -2.49. The predicted molar refractivity (Wildman–Crippen MR) is 72.5 cm³/mol. The molecule has 0 N–H and O–H groups in total. The maximum Gasteiger partial charge on any atom is 0.241 e. The Bertz CT molecular complexity index is 510. The fourth-order valence-electron chi connectivity index (χ4n) is 2.62. The summed E-state index contributed by atoms with van der Waals surface area (Å²) in [5.41, 5.74) is 3.51. The number of carbonyl (C=O) groups excluding carboxylic acids is 1. The third-order valence-corrected chi connectivity index (χ3v) is 3.61. The van der Waals surface area contributed by atoms with Gasteiger partial charge in [-0.2, -0.15) is 0 Å². The van der Waals surface area contributed by atoms with Crippen molar-refractivity contribution in [3.63, 3.8) is 0 Å². The summed E-state index contributed by atoms with van der Waals surface area (Å²) in [6, 6.07) is 6.14. The molecular formula is C14H17N3O. The largest absolute Gasteiger partial charge is 0.310 e. The number of nitrogens with zero attached hydrogens (tertiary/aromatic N) is 3. The van der Waals surface area contributed by atoms with Crippen molar-refractivity contribution < 1.29 is 4.79 Å². The summed E-state index contributed by atoms with van der Waals surface area (Å²) < 4.78 is 0. The van der Waals surface area contributed by atoms with Crippen LogP contribution in [0.4, 0.5) is 5.69 Å². The third-order valence-electron chi connectivity index (χ3n) is 3.61. The van der Waals surface area contributed by atoms with Crippen LogP contribution >= 0.6 is 0 Å². The standard InChI is InChI=1S/C14H17N3O/c1-16-7-8-17(14(18)10-16)13-4-2-3-11-9-15-6-5-12(11)13/h2-4,9H,5-8,10H2,1H3. The quantitative estimate of drug-likeness (QED) is 0.736. The molecule has 2 heterocycles. The molecule has 0 atom stereocenters. The Kier molecular flexibility index (Phi) is 2.88. The van der Waals surface area contributed by atoms with Crippen molar-refractivity contribution in [2.75, 3.05) is 38.1 Å². The predicted octanol–water partition coefficient (Wildman–Crippen LogP) is 0.940. The van der Waals surface area contributed by atoms with E-state index in [1.54, 1.807) is 0 Å². The number of rotatable bonds is 1. The van der Waals surface area contributed by atoms with Crippen LogP contribution in [0.3, 0.4) is 0 Å². The molecule has 1 aromatic rings. The molecule has 1 saturated heterocycles. The van der Waals surface area contributed by atoms with E-state index in [1.807, 2.05) is 24.2 Å². The van der Waals surface area contributed by atoms with Gasteiger partial charge in [0.2, 0.25) is 5.91 Å². The van der Waals surface area contributed by atoms with Crippen molar-refractivity contribution in [3.8, 4) is 0 Å². The highest BCUT2D eigenvalue weighted by Gasteiger charge is 2.25. The number of anilines is 1. The zero-order chi connectivity index (χ0) is 12.5. The van der Waals surface area contributed by atoms with Crippen LogP contribution in [0, 0.1) is 0 Å². The Morgan fingerprint density at radius 1 is 1.28 bits per heavy atom. The minimum absolute atomic E-state index is 0.194. The number of benzene rings is 1. The fourth-order valence-corrected chi connectivity index (χ4v) is 2.62. The Labute approximate surface area is 107 Å². The molecule has 0 spiro atoms. The Hall–Kier alpha value is -1.68. The number of hydrogen-bond donors (Lipinski definition) is 0. The van der Waals surface area contributed by atoms with Crippen LogP contribution in [0.5, 0.6) is 0 Å². The number of piperazine rings is 1. The number of fused-ring (bicyclic) bond motifs is 1. The zero-order valence-electron chi connectivity index (χ0n) is 10.6. The van der Waals surface area contributed by atoms with Crippen LogP contribution in [0.25, 0.3) is 0 Å². The molecule has 4 nitrogen and oxygen atoms in total. The second-order valence-electron chi connectivity index (χ2n) is 4.91. The van der Waals surface area contributed by atoms with Crippen molar-refractivity contribution >= 4 is 17.8 Å². The fraction of sp³-hybridized carbons (Fsp3) is 0.429. The molecule has 3 rings (SSSR count). The van der Waals surface area contributed by atoms with Crippen molar-refractivity contribution in [3.05, 3.63) is 29.3 Å². The molecule has 0 aromatic heterocycles. The first kappa shape index (κ1) is 11.4. The topological polar surface area (TPSA) is 35.9 Å². The zero-order valence-corrected chi connectivity index (χ0v) is 10.6. The molecule has 0 saturated carbocycles. The number of amides is 1. The van der Waals surface area contributed by atoms with Gasteiger partial charge >= 0.3 is 0 Å². The Balaban J connectivity index is 1.97. The van der Waals surface area contributed by atoms with E-state index in [0.717, 1.165) is 37.3 Å². The number of aliphatic imine (C=N–C) groups is 1. The molecule has 18 heavy (non-hydrogen) atoms. The van der Waals surface area contributed by atoms with Gasteiger partial charge < -0.3 is 4.90 Å². The van der Waals surface area contributed by atoms with Crippen molar-refractivity contribution in [2.45, 2.75) is 6.42 Å². The SMILES string of the molecule is CN1CCN(c2cccc3c2CCN=C3)C(=O)C1. The van der Waals surface area contributed by atoms with Gasteiger partial charge in [0, 0.05) is 31.5 Å². The van der Waals surface area contributed by atoms with Crippen LogP contribution in [0.2, 0.25) is 0 Å². The molecule has 4 heteroatoms. The molecule has 0 aliphatic carbocycles. The van der Waals surface area contributed by atoms with E-state index in [1.165, 1.54) is 5.56 Å². The average Bonchev–Trinajstić information content (AvgIpc) is 2.38. The molecule has 2 aliphatic heterocycles. The van der Waals surface area contributed by atoms with E-state index in [2.05, 4.69) is 22.0 Å². The van der Waals surface area contributed by atoms with Gasteiger partial charge in [0.15, 0.2) is 0 Å². The lowest BCUT2D eigenvalue weighted by Gasteiger charge is -2.34. The van der Waals surface area contributed by atoms with Crippen molar-refractivity contribution in [1.82, 2.24) is 4.90 Å². The molecule has 1 amide bonds. The maximum absolute atomic E-state index is 12.1. The highest BCUT2D eigenvalue weighted by atomic mass is 16.2. The average molecular weight is 243 g/mol. The first-order chi connectivity index (χ1) is 8.75. The van der Waals surface area contributed by atoms with E-state index in [4.69, 9.17) is 0 Å². The summed E-state index contributed by atoms with van der Waals surface area (Å²) >= 11 is 0. The smallest absolute Gasteiger partial charge is 0.241 e. The van der Waals surface area contributed by atoms with Crippen molar-refractivity contribution in [1.29, 1.82) is 0 Å². The molecule has 0 bridgehead atoms. The van der Waals surface area contributed by atoms with Gasteiger partial charge in [-0.1, -0.05) is 12.1 Å². The minimum atomic E-state index is 0.194. The van der Waals surface area contributed by atoms with Crippen LogP contribution in [0.15, 0.2) is 23.2 Å². The van der Waals surface area contributed by atoms with E-state index in [-0.39, 0.29) is 5.91 Å². The molecule has 94 valence electrons. The van der Waals surface area contributed by atoms with Crippen LogP contribution in [0.1, 0.15) is 11.1 Å². The number of hydrogen-bond acceptors (Lipinski definition) is 3. The summed E-state index contributed by atoms with van der Waals surface area (Å²) in [6.07, 6.45) is 2.85. The molecule has 2 aliphatic rings. The third kappa shape index (κ3) is 1.93. The van der Waals surface area contributed by atoms with Crippen LogP contribution in [-0.4, -0.2) is 50.2 Å². The van der Waals surface area contributed by atoms with E-state index < -0.39 is 0 Å². The van der Waals surface area contributed by atoms with Gasteiger partial charge in [-0.3, -0.25) is 14.7 Å². The highest BCUT2D eigenvalue weighted by Crippen LogP contribution is 2.27. The van der Waals surface area contributed by atoms with Crippen LogP contribution in [-0.2, 0) is 11.2 Å². The van der Waals surface area contributed by atoms with E-state index >= 15 is 0 Å². The van der Waals surface area contributed by atoms with Gasteiger partial charge in [-0.15, -0.1) is 0 Å². The highest BCUT2D eigenvalue weighted by molar-refractivity contribution is 5.98. The summed E-state index contributed by atoms with van der Waals surface area (Å²) in [5, 5.41) is 0. The van der Waals surface area contributed by atoms with Gasteiger partial charge in [-0.25, -0.2) is 0 Å². The molecular weight excluding hydrogens is 226 g/mol. The normalized spacial score (nSPS) is 20.1. The van der Waals surface area contributed by atoms with Gasteiger partial charge in [0.05, 0.1) is 6.54 Å². The van der Waals surface area contributed by atoms with E-state index in [0.29, 0.717) is 6.54 Å². The minimum Gasteiger partial charge on any atom is -0.310 e. The second-order valence-corrected chi connectivity index (χ2v) is 4.91. The van der Waals surface area contributed by atoms with Crippen LogP contribution < -0.4 is 4.90 Å². The summed E-state index contributed by atoms with van der Waals surface area (Å²) in [6.45, 7) is 3.05. The Morgan fingerprint density at radius 3 is 3.00 bits per heavy atom. The summed E-state index contributed by atoms with van der Waals surface area (Å²) in [5.74, 6) is 0.194. The Morgan fingerprint density at radius 2 is 2.17 bits per heavy atom. The summed E-state index contributed by atoms with van der Waals surface area (Å²) in [4.78, 5) is 20.4.